The van der Waals surface area contributed by atoms with Crippen LogP contribution in [0.15, 0.2) is 24.3 Å². The summed E-state index contributed by atoms with van der Waals surface area (Å²) in [5.74, 6) is -0.137. The number of aryl methyl sites for hydroxylation is 1. The van der Waals surface area contributed by atoms with E-state index in [9.17, 15) is 4.79 Å². The Hall–Kier alpha value is -1.77. The predicted molar refractivity (Wildman–Crippen MR) is 63.6 cm³/mol. The summed E-state index contributed by atoms with van der Waals surface area (Å²) in [4.78, 5) is 10.4. The van der Waals surface area contributed by atoms with Crippen molar-refractivity contribution < 1.29 is 14.6 Å². The average Bonchev–Trinajstić information content (AvgIpc) is 2.15. The van der Waals surface area contributed by atoms with E-state index in [1.807, 2.05) is 39.0 Å². The van der Waals surface area contributed by atoms with Crippen molar-refractivity contribution in [2.45, 2.75) is 26.9 Å². The van der Waals surface area contributed by atoms with Gasteiger partial charge < -0.3 is 9.84 Å². The molecule has 1 aromatic carbocycles. The molecule has 0 aliphatic heterocycles. The highest BCUT2D eigenvalue weighted by molar-refractivity contribution is 5.85. The van der Waals surface area contributed by atoms with Crippen molar-refractivity contribution in [2.75, 3.05) is 0 Å². The standard InChI is InChI=1S/C13H16O3/c1-9(2)16-12-6-4-11(10(3)8-12)5-7-13(14)15/h4-9H,1-3H3,(H,14,15). The Bertz CT molecular complexity index is 406. The summed E-state index contributed by atoms with van der Waals surface area (Å²) in [6.07, 6.45) is 2.85. The summed E-state index contributed by atoms with van der Waals surface area (Å²) in [5.41, 5.74) is 1.88. The van der Waals surface area contributed by atoms with Gasteiger partial charge >= 0.3 is 5.97 Å². The van der Waals surface area contributed by atoms with Crippen molar-refractivity contribution in [3.05, 3.63) is 35.4 Å². The monoisotopic (exact) mass is 220 g/mol. The summed E-state index contributed by atoms with van der Waals surface area (Å²) in [6, 6.07) is 5.60. The van der Waals surface area contributed by atoms with Crippen LogP contribution < -0.4 is 4.74 Å². The van der Waals surface area contributed by atoms with Crippen LogP contribution in [-0.4, -0.2) is 17.2 Å². The number of carboxylic acids is 1. The van der Waals surface area contributed by atoms with E-state index < -0.39 is 5.97 Å². The van der Waals surface area contributed by atoms with Gasteiger partial charge in [0.1, 0.15) is 5.75 Å². The highest BCUT2D eigenvalue weighted by Crippen LogP contribution is 2.19. The van der Waals surface area contributed by atoms with E-state index in [1.54, 1.807) is 6.08 Å². The predicted octanol–water partition coefficient (Wildman–Crippen LogP) is 2.88. The zero-order valence-electron chi connectivity index (χ0n) is 9.73. The van der Waals surface area contributed by atoms with Crippen molar-refractivity contribution in [3.8, 4) is 5.75 Å². The van der Waals surface area contributed by atoms with Crippen LogP contribution in [0, 0.1) is 6.92 Å². The van der Waals surface area contributed by atoms with Crippen LogP contribution in [-0.2, 0) is 4.79 Å². The van der Waals surface area contributed by atoms with Gasteiger partial charge in [-0.05, 0) is 50.1 Å². The van der Waals surface area contributed by atoms with Crippen LogP contribution >= 0.6 is 0 Å². The zero-order chi connectivity index (χ0) is 12.1. The summed E-state index contributed by atoms with van der Waals surface area (Å²) < 4.78 is 5.54. The van der Waals surface area contributed by atoms with Gasteiger partial charge in [0.05, 0.1) is 6.10 Å². The Kier molecular flexibility index (Phi) is 4.11. The first-order valence-corrected chi connectivity index (χ1v) is 5.17. The molecule has 3 nitrogen and oxygen atoms in total. The Morgan fingerprint density at radius 3 is 2.62 bits per heavy atom. The minimum absolute atomic E-state index is 0.139. The molecular formula is C13H16O3. The van der Waals surface area contributed by atoms with Crippen molar-refractivity contribution in [1.29, 1.82) is 0 Å². The lowest BCUT2D eigenvalue weighted by atomic mass is 10.1. The van der Waals surface area contributed by atoms with E-state index in [0.29, 0.717) is 0 Å². The maximum Gasteiger partial charge on any atom is 0.328 e. The highest BCUT2D eigenvalue weighted by Gasteiger charge is 2.00. The number of rotatable bonds is 4. The molecule has 0 bridgehead atoms. The lowest BCUT2D eigenvalue weighted by molar-refractivity contribution is -0.131. The normalized spacial score (nSPS) is 11.0. The SMILES string of the molecule is Cc1cc(OC(C)C)ccc1C=CC(=O)O. The van der Waals surface area contributed by atoms with Gasteiger partial charge in [-0.3, -0.25) is 0 Å². The fraction of sp³-hybridized carbons (Fsp3) is 0.308. The Labute approximate surface area is 95.4 Å². The fourth-order valence-corrected chi connectivity index (χ4v) is 1.34. The van der Waals surface area contributed by atoms with E-state index in [2.05, 4.69) is 0 Å². The molecule has 0 amide bonds. The molecule has 86 valence electrons. The minimum Gasteiger partial charge on any atom is -0.491 e. The van der Waals surface area contributed by atoms with Gasteiger partial charge in [-0.2, -0.15) is 0 Å². The topological polar surface area (TPSA) is 46.5 Å². The number of hydrogen-bond acceptors (Lipinski definition) is 2. The van der Waals surface area contributed by atoms with Crippen LogP contribution in [0.25, 0.3) is 6.08 Å². The second kappa shape index (κ2) is 5.35. The Balaban J connectivity index is 2.87. The van der Waals surface area contributed by atoms with Crippen molar-refractivity contribution in [1.82, 2.24) is 0 Å². The van der Waals surface area contributed by atoms with Crippen LogP contribution in [0.5, 0.6) is 5.75 Å². The summed E-state index contributed by atoms with van der Waals surface area (Å²) in [5, 5.41) is 8.53. The second-order valence-corrected chi connectivity index (χ2v) is 3.86. The largest absolute Gasteiger partial charge is 0.491 e. The average molecular weight is 220 g/mol. The minimum atomic E-state index is -0.943. The number of aliphatic carboxylic acids is 1. The molecule has 0 radical (unpaired) electrons. The lowest BCUT2D eigenvalue weighted by Gasteiger charge is -2.11. The van der Waals surface area contributed by atoms with E-state index in [-0.39, 0.29) is 6.10 Å². The lowest BCUT2D eigenvalue weighted by Crippen LogP contribution is -2.05. The Morgan fingerprint density at radius 2 is 2.12 bits per heavy atom. The molecule has 1 aromatic rings. The molecule has 0 unspecified atom stereocenters. The molecule has 16 heavy (non-hydrogen) atoms. The van der Waals surface area contributed by atoms with Gasteiger partial charge in [-0.25, -0.2) is 4.79 Å². The van der Waals surface area contributed by atoms with Crippen LogP contribution in [0.2, 0.25) is 0 Å². The van der Waals surface area contributed by atoms with Gasteiger partial charge in [0.15, 0.2) is 0 Å². The third-order valence-electron chi connectivity index (χ3n) is 2.02. The van der Waals surface area contributed by atoms with Crippen molar-refractivity contribution in [2.24, 2.45) is 0 Å². The molecule has 0 saturated heterocycles. The smallest absolute Gasteiger partial charge is 0.328 e. The van der Waals surface area contributed by atoms with Crippen LogP contribution in [0.4, 0.5) is 0 Å². The van der Waals surface area contributed by atoms with E-state index in [0.717, 1.165) is 23.0 Å². The maximum atomic E-state index is 10.4. The first-order chi connectivity index (χ1) is 7.49. The summed E-state index contributed by atoms with van der Waals surface area (Å²) >= 11 is 0. The van der Waals surface area contributed by atoms with Crippen molar-refractivity contribution in [3.63, 3.8) is 0 Å². The van der Waals surface area contributed by atoms with Gasteiger partial charge in [-0.15, -0.1) is 0 Å². The molecule has 0 aromatic heterocycles. The molecule has 0 heterocycles. The van der Waals surface area contributed by atoms with Gasteiger partial charge in [0.25, 0.3) is 0 Å². The third-order valence-corrected chi connectivity index (χ3v) is 2.02. The molecule has 0 spiro atoms. The molecule has 0 atom stereocenters. The summed E-state index contributed by atoms with van der Waals surface area (Å²) in [6.45, 7) is 5.86. The molecule has 0 aliphatic rings. The first-order valence-electron chi connectivity index (χ1n) is 5.17. The number of hydrogen-bond donors (Lipinski definition) is 1. The van der Waals surface area contributed by atoms with Gasteiger partial charge in [0, 0.05) is 6.08 Å². The molecule has 0 aliphatic carbocycles. The number of carboxylic acid groups (broad SMARTS) is 1. The molecule has 0 fully saturated rings. The third kappa shape index (κ3) is 3.77. The first kappa shape index (κ1) is 12.3. The molecule has 1 rings (SSSR count). The van der Waals surface area contributed by atoms with E-state index in [1.165, 1.54) is 0 Å². The quantitative estimate of drug-likeness (QED) is 0.793. The second-order valence-electron chi connectivity index (χ2n) is 3.86. The van der Waals surface area contributed by atoms with E-state index >= 15 is 0 Å². The number of benzene rings is 1. The number of ether oxygens (including phenoxy) is 1. The fourth-order valence-electron chi connectivity index (χ4n) is 1.34. The zero-order valence-corrected chi connectivity index (χ0v) is 9.73. The highest BCUT2D eigenvalue weighted by atomic mass is 16.5. The Morgan fingerprint density at radius 1 is 1.44 bits per heavy atom. The molecular weight excluding hydrogens is 204 g/mol. The van der Waals surface area contributed by atoms with Gasteiger partial charge in [0.2, 0.25) is 0 Å². The van der Waals surface area contributed by atoms with Crippen LogP contribution in [0.3, 0.4) is 0 Å². The molecule has 1 N–H and O–H groups in total. The van der Waals surface area contributed by atoms with E-state index in [4.69, 9.17) is 9.84 Å². The molecule has 0 saturated carbocycles. The summed E-state index contributed by atoms with van der Waals surface area (Å²) in [7, 11) is 0. The van der Waals surface area contributed by atoms with Crippen LogP contribution in [0.1, 0.15) is 25.0 Å². The van der Waals surface area contributed by atoms with Gasteiger partial charge in [-0.1, -0.05) is 6.07 Å². The number of carbonyl (C=O) groups is 1. The maximum absolute atomic E-state index is 10.4. The van der Waals surface area contributed by atoms with Crippen molar-refractivity contribution >= 4 is 12.0 Å². The molecule has 3 heteroatoms.